The number of hydrogen-bond acceptors (Lipinski definition) is 5. The van der Waals surface area contributed by atoms with E-state index in [9.17, 15) is 10.2 Å². The molecule has 4 aromatic rings. The number of aromatic hydroxyl groups is 2. The maximum atomic E-state index is 10.2. The lowest BCUT2D eigenvalue weighted by molar-refractivity contribution is 0.442. The molecule has 1 heterocycles. The van der Waals surface area contributed by atoms with E-state index in [0.717, 1.165) is 9.13 Å². The predicted molar refractivity (Wildman–Crippen MR) is 125 cm³/mol. The van der Waals surface area contributed by atoms with Gasteiger partial charge >= 0.3 is 0 Å². The first kappa shape index (κ1) is 19.4. The highest BCUT2D eigenvalue weighted by molar-refractivity contribution is 14.1. The van der Waals surface area contributed by atoms with Crippen LogP contribution in [0.25, 0.3) is 22.6 Å². The van der Waals surface area contributed by atoms with Gasteiger partial charge in [0.15, 0.2) is 5.58 Å². The molecule has 0 amide bonds. The van der Waals surface area contributed by atoms with Crippen molar-refractivity contribution in [2.75, 3.05) is 0 Å². The van der Waals surface area contributed by atoms with Crippen LogP contribution in [0.3, 0.4) is 0 Å². The number of phenolic OH excluding ortho intramolecular Hbond substituents is 2. The number of phenols is 2. The third-order valence-electron chi connectivity index (χ3n) is 3.99. The molecule has 0 bridgehead atoms. The van der Waals surface area contributed by atoms with Crippen LogP contribution in [-0.4, -0.2) is 21.4 Å². The second kappa shape index (κ2) is 7.84. The van der Waals surface area contributed by atoms with Crippen molar-refractivity contribution < 1.29 is 14.6 Å². The van der Waals surface area contributed by atoms with Crippen LogP contribution in [0.1, 0.15) is 5.56 Å². The zero-order chi connectivity index (χ0) is 19.8. The molecule has 0 unspecified atom stereocenters. The van der Waals surface area contributed by atoms with Crippen LogP contribution in [-0.2, 0) is 0 Å². The molecule has 3 aromatic carbocycles. The lowest BCUT2D eigenvalue weighted by atomic mass is 10.2. The molecule has 0 aliphatic rings. The van der Waals surface area contributed by atoms with E-state index in [-0.39, 0.29) is 16.0 Å². The first-order chi connectivity index (χ1) is 13.4. The highest BCUT2D eigenvalue weighted by Crippen LogP contribution is 2.40. The molecule has 0 atom stereocenters. The fraction of sp³-hybridized carbons (Fsp3) is 0. The summed E-state index contributed by atoms with van der Waals surface area (Å²) in [6.45, 7) is 0. The van der Waals surface area contributed by atoms with E-state index in [1.54, 1.807) is 6.07 Å². The summed E-state index contributed by atoms with van der Waals surface area (Å²) < 4.78 is 7.61. The number of aliphatic imine (C=N–C) groups is 1. The van der Waals surface area contributed by atoms with Crippen molar-refractivity contribution in [3.63, 3.8) is 0 Å². The number of nitrogens with zero attached hydrogens (tertiary/aromatic N) is 2. The first-order valence-corrected chi connectivity index (χ1v) is 10.7. The molecule has 0 spiro atoms. The van der Waals surface area contributed by atoms with Gasteiger partial charge in [-0.3, -0.25) is 4.99 Å². The quantitative estimate of drug-likeness (QED) is 0.197. The Bertz CT molecular complexity index is 1240. The van der Waals surface area contributed by atoms with Gasteiger partial charge in [0.25, 0.3) is 0 Å². The molecular weight excluding hydrogens is 603 g/mol. The van der Waals surface area contributed by atoms with Gasteiger partial charge in [0.05, 0.1) is 10.2 Å². The minimum atomic E-state index is -0.0899. The van der Waals surface area contributed by atoms with Gasteiger partial charge in [0, 0.05) is 20.9 Å². The SMILES string of the molecule is Oc1c(Br)cc(C=Nc2ccc3oc(-c4cccc(I)c4)nc3c2)c(O)c1Br. The molecule has 5 nitrogen and oxygen atoms in total. The second-order valence-electron chi connectivity index (χ2n) is 5.90. The van der Waals surface area contributed by atoms with E-state index in [0.29, 0.717) is 32.7 Å². The number of aromatic nitrogens is 1. The first-order valence-electron chi connectivity index (χ1n) is 8.03. The number of fused-ring (bicyclic) bond motifs is 1. The van der Waals surface area contributed by atoms with Gasteiger partial charge in [-0.05, 0) is 96.9 Å². The van der Waals surface area contributed by atoms with E-state index < -0.39 is 0 Å². The van der Waals surface area contributed by atoms with Gasteiger partial charge in [-0.1, -0.05) is 6.07 Å². The molecule has 28 heavy (non-hydrogen) atoms. The molecule has 0 aliphatic heterocycles. The van der Waals surface area contributed by atoms with Crippen molar-refractivity contribution in [1.29, 1.82) is 0 Å². The number of hydrogen-bond donors (Lipinski definition) is 2. The summed E-state index contributed by atoms with van der Waals surface area (Å²) in [5.41, 5.74) is 3.40. The number of oxazole rings is 1. The molecule has 0 saturated heterocycles. The minimum Gasteiger partial charge on any atom is -0.506 e. The minimum absolute atomic E-state index is 0.0678. The van der Waals surface area contributed by atoms with E-state index in [1.165, 1.54) is 6.21 Å². The average Bonchev–Trinajstić information content (AvgIpc) is 3.11. The number of benzene rings is 3. The lowest BCUT2D eigenvalue weighted by Crippen LogP contribution is -1.85. The molecule has 0 saturated carbocycles. The predicted octanol–water partition coefficient (Wildman–Crippen LogP) is 6.79. The van der Waals surface area contributed by atoms with Gasteiger partial charge < -0.3 is 14.6 Å². The van der Waals surface area contributed by atoms with Crippen LogP contribution in [0, 0.1) is 3.57 Å². The Kier molecular flexibility index (Phi) is 5.44. The van der Waals surface area contributed by atoms with E-state index >= 15 is 0 Å². The van der Waals surface area contributed by atoms with Crippen LogP contribution in [0.4, 0.5) is 5.69 Å². The Morgan fingerprint density at radius 1 is 1.04 bits per heavy atom. The van der Waals surface area contributed by atoms with Crippen molar-refractivity contribution in [3.8, 4) is 23.0 Å². The van der Waals surface area contributed by atoms with E-state index in [1.807, 2.05) is 42.5 Å². The third kappa shape index (κ3) is 3.81. The van der Waals surface area contributed by atoms with Crippen LogP contribution >= 0.6 is 54.5 Å². The Morgan fingerprint density at radius 3 is 2.64 bits per heavy atom. The molecule has 0 fully saturated rings. The van der Waals surface area contributed by atoms with Crippen LogP contribution < -0.4 is 0 Å². The Labute approximate surface area is 190 Å². The summed E-state index contributed by atoms with van der Waals surface area (Å²) in [7, 11) is 0. The van der Waals surface area contributed by atoms with Gasteiger partial charge in [-0.2, -0.15) is 0 Å². The summed E-state index contributed by atoms with van der Waals surface area (Å²) >= 11 is 8.65. The molecule has 140 valence electrons. The molecule has 1 aromatic heterocycles. The second-order valence-corrected chi connectivity index (χ2v) is 8.79. The molecular formula is C20H11Br2IN2O3. The zero-order valence-electron chi connectivity index (χ0n) is 14.0. The Hall–Kier alpha value is -1.91. The molecule has 2 N–H and O–H groups in total. The number of halogens is 3. The third-order valence-corrected chi connectivity index (χ3v) is 6.02. The van der Waals surface area contributed by atoms with Crippen molar-refractivity contribution in [2.45, 2.75) is 0 Å². The largest absolute Gasteiger partial charge is 0.506 e. The Balaban J connectivity index is 1.68. The topological polar surface area (TPSA) is 78.9 Å². The maximum Gasteiger partial charge on any atom is 0.227 e. The van der Waals surface area contributed by atoms with Crippen molar-refractivity contribution in [1.82, 2.24) is 4.98 Å². The monoisotopic (exact) mass is 612 g/mol. The van der Waals surface area contributed by atoms with Crippen molar-refractivity contribution in [3.05, 3.63) is 66.6 Å². The molecule has 0 radical (unpaired) electrons. The summed E-state index contributed by atoms with van der Waals surface area (Å²) in [5.74, 6) is 0.397. The molecule has 8 heteroatoms. The van der Waals surface area contributed by atoms with Gasteiger partial charge in [0.2, 0.25) is 5.89 Å². The van der Waals surface area contributed by atoms with Gasteiger partial charge in [-0.25, -0.2) is 4.98 Å². The lowest BCUT2D eigenvalue weighted by Gasteiger charge is -2.06. The fourth-order valence-electron chi connectivity index (χ4n) is 2.60. The highest BCUT2D eigenvalue weighted by Gasteiger charge is 2.13. The van der Waals surface area contributed by atoms with Crippen molar-refractivity contribution in [2.24, 2.45) is 4.99 Å². The van der Waals surface area contributed by atoms with Crippen LogP contribution in [0.2, 0.25) is 0 Å². The zero-order valence-corrected chi connectivity index (χ0v) is 19.4. The normalized spacial score (nSPS) is 11.5. The molecule has 0 aliphatic carbocycles. The van der Waals surface area contributed by atoms with Gasteiger partial charge in [0.1, 0.15) is 21.5 Å². The maximum absolute atomic E-state index is 10.2. The van der Waals surface area contributed by atoms with Gasteiger partial charge in [-0.15, -0.1) is 0 Å². The number of rotatable bonds is 3. The van der Waals surface area contributed by atoms with E-state index in [2.05, 4.69) is 64.4 Å². The Morgan fingerprint density at radius 2 is 1.86 bits per heavy atom. The summed E-state index contributed by atoms with van der Waals surface area (Å²) in [4.78, 5) is 8.96. The van der Waals surface area contributed by atoms with Crippen LogP contribution in [0.5, 0.6) is 11.5 Å². The van der Waals surface area contributed by atoms with Crippen LogP contribution in [0.15, 0.2) is 66.9 Å². The molecule has 4 rings (SSSR count). The van der Waals surface area contributed by atoms with E-state index in [4.69, 9.17) is 4.42 Å². The average molecular weight is 614 g/mol. The fourth-order valence-corrected chi connectivity index (χ4v) is 4.30. The van der Waals surface area contributed by atoms with Crippen molar-refractivity contribution >= 4 is 77.5 Å². The summed E-state index contributed by atoms with van der Waals surface area (Å²) in [6, 6.07) is 15.0. The summed E-state index contributed by atoms with van der Waals surface area (Å²) in [6.07, 6.45) is 1.52. The summed E-state index contributed by atoms with van der Waals surface area (Å²) in [5, 5.41) is 20.0. The highest BCUT2D eigenvalue weighted by atomic mass is 127. The smallest absolute Gasteiger partial charge is 0.227 e. The standard InChI is InChI=1S/C20H11Br2IN2O3/c21-14-7-11(18(26)17(22)19(14)27)9-24-13-4-5-16-15(8-13)25-20(28-16)10-2-1-3-12(23)6-10/h1-9,26-27H.